The molecule has 8 heteroatoms. The number of carbonyl (C=O) groups excluding carboxylic acids is 1. The lowest BCUT2D eigenvalue weighted by atomic mass is 9.99. The molecule has 5 rings (SSSR count). The summed E-state index contributed by atoms with van der Waals surface area (Å²) >= 11 is 6.19. The van der Waals surface area contributed by atoms with Crippen molar-refractivity contribution in [3.63, 3.8) is 0 Å². The van der Waals surface area contributed by atoms with Crippen LogP contribution in [-0.2, 0) is 4.79 Å². The first kappa shape index (κ1) is 24.5. The molecule has 0 aliphatic carbocycles. The van der Waals surface area contributed by atoms with Gasteiger partial charge in [-0.05, 0) is 68.7 Å². The van der Waals surface area contributed by atoms with Crippen LogP contribution in [-0.4, -0.2) is 59.3 Å². The van der Waals surface area contributed by atoms with Crippen LogP contribution >= 0.6 is 11.6 Å². The van der Waals surface area contributed by atoms with Gasteiger partial charge in [0.05, 0.1) is 34.5 Å². The van der Waals surface area contributed by atoms with Crippen molar-refractivity contribution in [1.29, 1.82) is 0 Å². The number of aromatic amines is 1. The molecule has 7 nitrogen and oxygen atoms in total. The van der Waals surface area contributed by atoms with E-state index in [0.717, 1.165) is 27.5 Å². The maximum absolute atomic E-state index is 12.5. The smallest absolute Gasteiger partial charge is 0.240 e. The number of nitrogens with zero attached hydrogens (tertiary/aromatic N) is 4. The maximum Gasteiger partial charge on any atom is 0.240 e. The predicted molar refractivity (Wildman–Crippen MR) is 150 cm³/mol. The number of H-pyrrole nitrogens is 1. The van der Waals surface area contributed by atoms with E-state index in [9.17, 15) is 9.90 Å². The van der Waals surface area contributed by atoms with E-state index >= 15 is 0 Å². The SMILES string of the molecule is CN(C)CC(=O)N(C)c1ccc(N=C(c2ccc3ncccc3c2)c2c(O)[nH]c3cc(Cl)ccc23)cc1. The van der Waals surface area contributed by atoms with Crippen LogP contribution in [0, 0.1) is 0 Å². The fourth-order valence-electron chi connectivity index (χ4n) is 4.28. The van der Waals surface area contributed by atoms with Gasteiger partial charge in [0.15, 0.2) is 5.88 Å². The Labute approximate surface area is 219 Å². The van der Waals surface area contributed by atoms with Crippen LogP contribution in [0.5, 0.6) is 5.88 Å². The molecule has 0 saturated carbocycles. The van der Waals surface area contributed by atoms with Crippen molar-refractivity contribution in [1.82, 2.24) is 14.9 Å². The van der Waals surface area contributed by atoms with Gasteiger partial charge in [0.1, 0.15) is 0 Å². The van der Waals surface area contributed by atoms with E-state index in [1.165, 1.54) is 0 Å². The molecule has 1 amide bonds. The summed E-state index contributed by atoms with van der Waals surface area (Å²) in [6.07, 6.45) is 1.76. The highest BCUT2D eigenvalue weighted by Crippen LogP contribution is 2.33. The van der Waals surface area contributed by atoms with Crippen molar-refractivity contribution in [3.05, 3.63) is 95.1 Å². The molecule has 0 radical (unpaired) electrons. The highest BCUT2D eigenvalue weighted by molar-refractivity contribution is 6.31. The van der Waals surface area contributed by atoms with Gasteiger partial charge < -0.3 is 19.9 Å². The van der Waals surface area contributed by atoms with Gasteiger partial charge in [-0.25, -0.2) is 4.99 Å². The highest BCUT2D eigenvalue weighted by Gasteiger charge is 2.20. The molecular weight excluding hydrogens is 486 g/mol. The van der Waals surface area contributed by atoms with Crippen molar-refractivity contribution in [2.75, 3.05) is 32.6 Å². The molecule has 186 valence electrons. The van der Waals surface area contributed by atoms with Gasteiger partial charge in [-0.15, -0.1) is 0 Å². The third-order valence-corrected chi connectivity index (χ3v) is 6.39. The first-order valence-corrected chi connectivity index (χ1v) is 12.1. The number of aromatic nitrogens is 2. The van der Waals surface area contributed by atoms with Gasteiger partial charge in [-0.1, -0.05) is 29.8 Å². The van der Waals surface area contributed by atoms with Crippen LogP contribution in [0.4, 0.5) is 11.4 Å². The summed E-state index contributed by atoms with van der Waals surface area (Å²) < 4.78 is 0. The van der Waals surface area contributed by atoms with Crippen molar-refractivity contribution in [2.24, 2.45) is 4.99 Å². The Balaban J connectivity index is 1.62. The fraction of sp³-hybridized carbons (Fsp3) is 0.138. The predicted octanol–water partition coefficient (Wildman–Crippen LogP) is 5.77. The summed E-state index contributed by atoms with van der Waals surface area (Å²) in [6.45, 7) is 0.321. The van der Waals surface area contributed by atoms with Crippen LogP contribution in [0.1, 0.15) is 11.1 Å². The molecule has 0 aliphatic heterocycles. The van der Waals surface area contributed by atoms with Crippen LogP contribution in [0.15, 0.2) is 84.0 Å². The van der Waals surface area contributed by atoms with Crippen molar-refractivity contribution >= 4 is 56.4 Å². The molecule has 0 saturated heterocycles. The Hall–Kier alpha value is -4.20. The Morgan fingerprint density at radius 3 is 2.57 bits per heavy atom. The lowest BCUT2D eigenvalue weighted by Crippen LogP contribution is -2.34. The van der Waals surface area contributed by atoms with Crippen LogP contribution in [0.2, 0.25) is 5.02 Å². The van der Waals surface area contributed by atoms with Gasteiger partial charge in [-0.2, -0.15) is 0 Å². The number of hydrogen-bond acceptors (Lipinski definition) is 5. The molecule has 3 aromatic carbocycles. The average molecular weight is 512 g/mol. The Morgan fingerprint density at radius 2 is 1.81 bits per heavy atom. The monoisotopic (exact) mass is 511 g/mol. The van der Waals surface area contributed by atoms with Crippen molar-refractivity contribution in [2.45, 2.75) is 0 Å². The minimum Gasteiger partial charge on any atom is -0.494 e. The second-order valence-electron chi connectivity index (χ2n) is 9.12. The summed E-state index contributed by atoms with van der Waals surface area (Å²) in [4.78, 5) is 28.3. The number of nitrogens with one attached hydrogen (secondary N) is 1. The number of hydrogen-bond donors (Lipinski definition) is 2. The molecule has 5 aromatic rings. The maximum atomic E-state index is 12.5. The second kappa shape index (κ2) is 10.0. The first-order valence-electron chi connectivity index (χ1n) is 11.8. The minimum absolute atomic E-state index is 0.00547. The van der Waals surface area contributed by atoms with E-state index in [-0.39, 0.29) is 11.8 Å². The van der Waals surface area contributed by atoms with Crippen LogP contribution in [0.3, 0.4) is 0 Å². The quantitative estimate of drug-likeness (QED) is 0.283. The summed E-state index contributed by atoms with van der Waals surface area (Å²) in [5.74, 6) is 0.00188. The number of aromatic hydroxyl groups is 1. The lowest BCUT2D eigenvalue weighted by Gasteiger charge is -2.19. The standard InChI is InChI=1S/C29H26ClN5O2/c1-34(2)17-26(36)35(3)22-10-8-21(9-11-22)32-28(19-6-13-24-18(15-19)5-4-14-31-24)27-23-12-7-20(30)16-25(23)33-29(27)37/h4-16,33,37H,17H2,1-3H3. The van der Waals surface area contributed by atoms with Crippen LogP contribution in [0.25, 0.3) is 21.8 Å². The Bertz CT molecular complexity index is 1640. The van der Waals surface area contributed by atoms with Gasteiger partial charge >= 0.3 is 0 Å². The summed E-state index contributed by atoms with van der Waals surface area (Å²) in [7, 11) is 5.48. The molecule has 2 heterocycles. The number of amides is 1. The third-order valence-electron chi connectivity index (χ3n) is 6.16. The largest absolute Gasteiger partial charge is 0.494 e. The third kappa shape index (κ3) is 5.05. The number of halogens is 1. The molecule has 2 aromatic heterocycles. The average Bonchev–Trinajstić information content (AvgIpc) is 3.21. The van der Waals surface area contributed by atoms with Gasteiger partial charge in [-0.3, -0.25) is 9.78 Å². The number of carbonyl (C=O) groups is 1. The lowest BCUT2D eigenvalue weighted by molar-refractivity contribution is -0.118. The Morgan fingerprint density at radius 1 is 1.03 bits per heavy atom. The van der Waals surface area contributed by atoms with Gasteiger partial charge in [0.2, 0.25) is 5.91 Å². The minimum atomic E-state index is -0.00547. The molecule has 0 aliphatic rings. The summed E-state index contributed by atoms with van der Waals surface area (Å²) in [5.41, 5.74) is 5.05. The van der Waals surface area contributed by atoms with E-state index in [0.29, 0.717) is 34.0 Å². The number of likely N-dealkylation sites (N-methyl/N-ethyl adjacent to an activating group) is 2. The zero-order valence-corrected chi connectivity index (χ0v) is 21.5. The highest BCUT2D eigenvalue weighted by atomic mass is 35.5. The topological polar surface area (TPSA) is 84.8 Å². The summed E-state index contributed by atoms with van der Waals surface area (Å²) in [6, 6.07) is 22.7. The summed E-state index contributed by atoms with van der Waals surface area (Å²) in [5, 5.41) is 13.3. The Kier molecular flexibility index (Phi) is 6.65. The first-order chi connectivity index (χ1) is 17.8. The number of fused-ring (bicyclic) bond motifs is 2. The number of aliphatic imine (C=N–C) groups is 1. The fourth-order valence-corrected chi connectivity index (χ4v) is 4.46. The molecule has 0 atom stereocenters. The van der Waals surface area contributed by atoms with Crippen LogP contribution < -0.4 is 4.90 Å². The molecule has 0 fully saturated rings. The molecule has 0 spiro atoms. The molecular formula is C29H26ClN5O2. The molecule has 2 N–H and O–H groups in total. The normalized spacial score (nSPS) is 12.0. The van der Waals surface area contributed by atoms with Crippen molar-refractivity contribution in [3.8, 4) is 5.88 Å². The van der Waals surface area contributed by atoms with Crippen molar-refractivity contribution < 1.29 is 9.90 Å². The van der Waals surface area contributed by atoms with E-state index in [2.05, 4.69) is 9.97 Å². The molecule has 0 unspecified atom stereocenters. The number of rotatable bonds is 6. The number of benzene rings is 3. The second-order valence-corrected chi connectivity index (χ2v) is 9.55. The number of pyridine rings is 1. The van der Waals surface area contributed by atoms with E-state index < -0.39 is 0 Å². The molecule has 0 bridgehead atoms. The molecule has 37 heavy (non-hydrogen) atoms. The van der Waals surface area contributed by atoms with Gasteiger partial charge in [0.25, 0.3) is 0 Å². The zero-order chi connectivity index (χ0) is 26.1. The zero-order valence-electron chi connectivity index (χ0n) is 20.7. The van der Waals surface area contributed by atoms with E-state index in [1.807, 2.05) is 79.7 Å². The van der Waals surface area contributed by atoms with E-state index in [4.69, 9.17) is 16.6 Å². The number of anilines is 1. The van der Waals surface area contributed by atoms with Gasteiger partial charge in [0, 0.05) is 40.3 Å². The van der Waals surface area contributed by atoms with E-state index in [1.54, 1.807) is 30.3 Å².